The van der Waals surface area contributed by atoms with Gasteiger partial charge < -0.3 is 4.74 Å². The molecular weight excluding hydrogens is 188 g/mol. The molecule has 0 aromatic carbocycles. The van der Waals surface area contributed by atoms with E-state index in [9.17, 15) is 4.79 Å². The third-order valence-corrected chi connectivity index (χ3v) is 2.07. The Morgan fingerprint density at radius 1 is 1.62 bits per heavy atom. The first-order valence-corrected chi connectivity index (χ1v) is 4.68. The van der Waals surface area contributed by atoms with E-state index >= 15 is 0 Å². The van der Waals surface area contributed by atoms with E-state index in [0.29, 0.717) is 5.57 Å². The number of carbonyl (C=O) groups is 1. The molecule has 1 heterocycles. The van der Waals surface area contributed by atoms with Crippen molar-refractivity contribution >= 4 is 17.6 Å². The molecule has 0 saturated heterocycles. The summed E-state index contributed by atoms with van der Waals surface area (Å²) in [5.74, 6) is 5.35. The highest BCUT2D eigenvalue weighted by Crippen LogP contribution is 2.18. The van der Waals surface area contributed by atoms with Gasteiger partial charge in [0.15, 0.2) is 0 Å². The van der Waals surface area contributed by atoms with Crippen molar-refractivity contribution in [3.05, 3.63) is 10.6 Å². The van der Waals surface area contributed by atoms with Crippen LogP contribution in [0.1, 0.15) is 26.2 Å². The summed E-state index contributed by atoms with van der Waals surface area (Å²) >= 11 is 5.64. The largest absolute Gasteiger partial charge is 0.456 e. The molecule has 0 aromatic heterocycles. The van der Waals surface area contributed by atoms with Crippen LogP contribution in [0, 0.1) is 11.8 Å². The second-order valence-corrected chi connectivity index (χ2v) is 3.15. The maximum atomic E-state index is 10.8. The van der Waals surface area contributed by atoms with Crippen LogP contribution in [0.15, 0.2) is 10.6 Å². The molecule has 0 unspecified atom stereocenters. The predicted molar refractivity (Wildman–Crippen MR) is 51.1 cm³/mol. The lowest BCUT2D eigenvalue weighted by Crippen LogP contribution is -1.93. The molecule has 1 aliphatic rings. The second-order valence-electron chi connectivity index (χ2n) is 2.77. The summed E-state index contributed by atoms with van der Waals surface area (Å²) in [5, 5.41) is 0.143. The SMILES string of the molecule is CCCCC#CC1=C(Cl)C(=O)OC1. The van der Waals surface area contributed by atoms with E-state index in [-0.39, 0.29) is 11.6 Å². The zero-order valence-electron chi connectivity index (χ0n) is 7.52. The molecule has 0 fully saturated rings. The van der Waals surface area contributed by atoms with Gasteiger partial charge in [-0.2, -0.15) is 0 Å². The smallest absolute Gasteiger partial charge is 0.351 e. The number of unbranched alkanes of at least 4 members (excludes halogenated alkanes) is 2. The Hall–Kier alpha value is -0.940. The fraction of sp³-hybridized carbons (Fsp3) is 0.500. The van der Waals surface area contributed by atoms with Crippen LogP contribution in [0.2, 0.25) is 0 Å². The third-order valence-electron chi connectivity index (χ3n) is 1.69. The van der Waals surface area contributed by atoms with Crippen LogP contribution in [-0.4, -0.2) is 12.6 Å². The van der Waals surface area contributed by atoms with E-state index in [4.69, 9.17) is 11.6 Å². The molecule has 0 aromatic rings. The van der Waals surface area contributed by atoms with Crippen LogP contribution in [0.4, 0.5) is 0 Å². The number of hydrogen-bond acceptors (Lipinski definition) is 2. The van der Waals surface area contributed by atoms with E-state index in [1.807, 2.05) is 0 Å². The first kappa shape index (κ1) is 10.1. The van der Waals surface area contributed by atoms with Gasteiger partial charge in [-0.3, -0.25) is 0 Å². The Morgan fingerprint density at radius 2 is 2.38 bits per heavy atom. The van der Waals surface area contributed by atoms with Crippen molar-refractivity contribution in [2.24, 2.45) is 0 Å². The van der Waals surface area contributed by atoms with Gasteiger partial charge in [0, 0.05) is 6.42 Å². The standard InChI is InChI=1S/C10H11ClO2/c1-2-3-4-5-6-8-7-13-10(12)9(8)11/h2-4,7H2,1H3. The van der Waals surface area contributed by atoms with Crippen molar-refractivity contribution in [1.29, 1.82) is 0 Å². The number of carbonyl (C=O) groups excluding carboxylic acids is 1. The minimum atomic E-state index is -0.457. The Kier molecular flexibility index (Phi) is 3.85. The van der Waals surface area contributed by atoms with Crippen molar-refractivity contribution in [1.82, 2.24) is 0 Å². The summed E-state index contributed by atoms with van der Waals surface area (Å²) in [7, 11) is 0. The van der Waals surface area contributed by atoms with Gasteiger partial charge in [0.05, 0.1) is 5.57 Å². The van der Waals surface area contributed by atoms with Gasteiger partial charge in [0.25, 0.3) is 0 Å². The topological polar surface area (TPSA) is 26.3 Å². The van der Waals surface area contributed by atoms with Gasteiger partial charge >= 0.3 is 5.97 Å². The van der Waals surface area contributed by atoms with Crippen molar-refractivity contribution in [3.8, 4) is 11.8 Å². The summed E-state index contributed by atoms with van der Waals surface area (Å²) in [5.41, 5.74) is 0.614. The highest BCUT2D eigenvalue weighted by molar-refractivity contribution is 6.42. The average Bonchev–Trinajstić information content (AvgIpc) is 2.43. The lowest BCUT2D eigenvalue weighted by molar-refractivity contribution is -0.135. The summed E-state index contributed by atoms with van der Waals surface area (Å²) < 4.78 is 4.69. The normalized spacial score (nSPS) is 15.4. The van der Waals surface area contributed by atoms with Gasteiger partial charge in [0.2, 0.25) is 0 Å². The molecule has 0 N–H and O–H groups in total. The molecule has 13 heavy (non-hydrogen) atoms. The van der Waals surface area contributed by atoms with Crippen molar-refractivity contribution in [2.75, 3.05) is 6.61 Å². The van der Waals surface area contributed by atoms with Crippen molar-refractivity contribution in [2.45, 2.75) is 26.2 Å². The van der Waals surface area contributed by atoms with E-state index in [2.05, 4.69) is 23.5 Å². The van der Waals surface area contributed by atoms with E-state index in [1.165, 1.54) is 0 Å². The molecule has 0 amide bonds. The fourth-order valence-corrected chi connectivity index (χ4v) is 1.07. The first-order chi connectivity index (χ1) is 6.25. The number of ether oxygens (including phenoxy) is 1. The van der Waals surface area contributed by atoms with Crippen LogP contribution in [0.3, 0.4) is 0 Å². The number of rotatable bonds is 2. The molecule has 0 aliphatic carbocycles. The quantitative estimate of drug-likeness (QED) is 0.387. The Morgan fingerprint density at radius 3 is 2.92 bits per heavy atom. The molecular formula is C10H11ClO2. The summed E-state index contributed by atoms with van der Waals surface area (Å²) in [6.45, 7) is 2.34. The average molecular weight is 199 g/mol. The van der Waals surface area contributed by atoms with Gasteiger partial charge in [-0.15, -0.1) is 0 Å². The van der Waals surface area contributed by atoms with Crippen LogP contribution in [0.25, 0.3) is 0 Å². The molecule has 0 atom stereocenters. The van der Waals surface area contributed by atoms with Crippen LogP contribution >= 0.6 is 11.6 Å². The Balaban J connectivity index is 2.52. The second kappa shape index (κ2) is 4.94. The molecule has 1 rings (SSSR count). The zero-order valence-corrected chi connectivity index (χ0v) is 8.28. The molecule has 1 aliphatic heterocycles. The molecule has 0 saturated carbocycles. The summed E-state index contributed by atoms with van der Waals surface area (Å²) in [6.07, 6.45) is 3.04. The Labute approximate surface area is 82.9 Å². The van der Waals surface area contributed by atoms with Crippen LogP contribution in [0.5, 0.6) is 0 Å². The number of esters is 1. The maximum absolute atomic E-state index is 10.8. The molecule has 0 spiro atoms. The summed E-state index contributed by atoms with van der Waals surface area (Å²) in [4.78, 5) is 10.8. The molecule has 0 bridgehead atoms. The van der Waals surface area contributed by atoms with Gasteiger partial charge in [-0.25, -0.2) is 4.79 Å². The summed E-state index contributed by atoms with van der Waals surface area (Å²) in [6, 6.07) is 0. The first-order valence-electron chi connectivity index (χ1n) is 4.30. The maximum Gasteiger partial charge on any atom is 0.351 e. The highest BCUT2D eigenvalue weighted by Gasteiger charge is 2.21. The zero-order chi connectivity index (χ0) is 9.68. The fourth-order valence-electron chi connectivity index (χ4n) is 0.913. The molecule has 3 heteroatoms. The minimum absolute atomic E-state index is 0.143. The van der Waals surface area contributed by atoms with Crippen LogP contribution in [-0.2, 0) is 9.53 Å². The third kappa shape index (κ3) is 2.78. The number of cyclic esters (lactones) is 1. The number of hydrogen-bond donors (Lipinski definition) is 0. The van der Waals surface area contributed by atoms with Crippen LogP contribution < -0.4 is 0 Å². The molecule has 2 nitrogen and oxygen atoms in total. The van der Waals surface area contributed by atoms with Gasteiger partial charge in [-0.05, 0) is 6.42 Å². The lowest BCUT2D eigenvalue weighted by atomic mass is 10.2. The lowest BCUT2D eigenvalue weighted by Gasteiger charge is -1.87. The molecule has 70 valence electrons. The molecule has 0 radical (unpaired) electrons. The van der Waals surface area contributed by atoms with E-state index in [1.54, 1.807) is 0 Å². The Bertz CT molecular complexity index is 294. The van der Waals surface area contributed by atoms with Crippen molar-refractivity contribution < 1.29 is 9.53 Å². The number of halogens is 1. The van der Waals surface area contributed by atoms with E-state index < -0.39 is 5.97 Å². The predicted octanol–water partition coefficient (Wildman–Crippen LogP) is 2.23. The minimum Gasteiger partial charge on any atom is -0.456 e. The monoisotopic (exact) mass is 198 g/mol. The van der Waals surface area contributed by atoms with Crippen molar-refractivity contribution in [3.63, 3.8) is 0 Å². The van der Waals surface area contributed by atoms with Gasteiger partial charge in [0.1, 0.15) is 11.6 Å². The van der Waals surface area contributed by atoms with E-state index in [0.717, 1.165) is 19.3 Å². The highest BCUT2D eigenvalue weighted by atomic mass is 35.5. The van der Waals surface area contributed by atoms with Gasteiger partial charge in [-0.1, -0.05) is 36.8 Å².